The second-order valence-electron chi connectivity index (χ2n) is 6.96. The molecule has 156 valence electrons. The maximum Gasteiger partial charge on any atom is 0.167 e. The van der Waals surface area contributed by atoms with Crippen LogP contribution in [-0.4, -0.2) is 32.5 Å². The highest BCUT2D eigenvalue weighted by Gasteiger charge is 2.27. The average Bonchev–Trinajstić information content (AvgIpc) is 2.74. The van der Waals surface area contributed by atoms with E-state index in [4.69, 9.17) is 14.2 Å². The van der Waals surface area contributed by atoms with Crippen LogP contribution in [0.5, 0.6) is 5.75 Å². The van der Waals surface area contributed by atoms with Crippen LogP contribution in [0.15, 0.2) is 43.0 Å². The Morgan fingerprint density at radius 3 is 2.55 bits per heavy atom. The minimum atomic E-state index is -1.06. The molecular weight excluding hydrogens is 381 g/mol. The van der Waals surface area contributed by atoms with Crippen LogP contribution in [-0.2, 0) is 9.47 Å². The highest BCUT2D eigenvalue weighted by molar-refractivity contribution is 5.66. The lowest BCUT2D eigenvalue weighted by Crippen LogP contribution is -2.29. The summed E-state index contributed by atoms with van der Waals surface area (Å²) in [4.78, 5) is 0. The van der Waals surface area contributed by atoms with Gasteiger partial charge in [-0.2, -0.15) is 0 Å². The molecule has 0 saturated carbocycles. The van der Waals surface area contributed by atoms with Crippen molar-refractivity contribution >= 4 is 0 Å². The third-order valence-electron chi connectivity index (χ3n) is 5.03. The van der Waals surface area contributed by atoms with Crippen LogP contribution in [0.2, 0.25) is 0 Å². The molecule has 0 bridgehead atoms. The van der Waals surface area contributed by atoms with Gasteiger partial charge in [0.2, 0.25) is 0 Å². The first-order valence-corrected chi connectivity index (χ1v) is 9.76. The molecule has 6 heteroatoms. The minimum Gasteiger partial charge on any atom is -0.489 e. The normalized spacial score (nSPS) is 19.2. The molecule has 0 N–H and O–H groups in total. The Morgan fingerprint density at radius 2 is 1.90 bits per heavy atom. The average molecular weight is 406 g/mol. The van der Waals surface area contributed by atoms with E-state index in [1.807, 2.05) is 6.92 Å². The molecule has 1 heterocycles. The predicted molar refractivity (Wildman–Crippen MR) is 106 cm³/mol. The predicted octanol–water partition coefficient (Wildman–Crippen LogP) is 5.63. The van der Waals surface area contributed by atoms with E-state index in [0.717, 1.165) is 6.07 Å². The van der Waals surface area contributed by atoms with Crippen LogP contribution in [0.25, 0.3) is 11.1 Å². The van der Waals surface area contributed by atoms with Gasteiger partial charge in [-0.05, 0) is 37.5 Å². The zero-order valence-electron chi connectivity index (χ0n) is 16.4. The molecular formula is C23H25F3O3. The second-order valence-corrected chi connectivity index (χ2v) is 6.96. The summed E-state index contributed by atoms with van der Waals surface area (Å²) in [6.07, 6.45) is 2.91. The summed E-state index contributed by atoms with van der Waals surface area (Å²) >= 11 is 0. The van der Waals surface area contributed by atoms with Crippen molar-refractivity contribution in [2.75, 3.05) is 26.4 Å². The van der Waals surface area contributed by atoms with Gasteiger partial charge < -0.3 is 14.2 Å². The van der Waals surface area contributed by atoms with E-state index in [1.54, 1.807) is 0 Å². The molecule has 0 radical (unpaired) electrons. The lowest BCUT2D eigenvalue weighted by molar-refractivity contribution is -0.0464. The van der Waals surface area contributed by atoms with Crippen molar-refractivity contribution in [3.63, 3.8) is 0 Å². The summed E-state index contributed by atoms with van der Waals surface area (Å²) in [7, 11) is 0. The van der Waals surface area contributed by atoms with Crippen molar-refractivity contribution in [1.82, 2.24) is 0 Å². The molecule has 0 spiro atoms. The van der Waals surface area contributed by atoms with Gasteiger partial charge in [-0.1, -0.05) is 24.8 Å². The molecule has 1 aliphatic heterocycles. The number of benzene rings is 2. The number of rotatable bonds is 8. The molecule has 29 heavy (non-hydrogen) atoms. The van der Waals surface area contributed by atoms with E-state index in [1.165, 1.54) is 30.3 Å². The highest BCUT2D eigenvalue weighted by atomic mass is 19.2. The van der Waals surface area contributed by atoms with Gasteiger partial charge >= 0.3 is 0 Å². The van der Waals surface area contributed by atoms with Gasteiger partial charge in [0.05, 0.1) is 19.3 Å². The molecule has 1 aliphatic rings. The molecule has 1 saturated heterocycles. The first-order valence-electron chi connectivity index (χ1n) is 9.76. The van der Waals surface area contributed by atoms with Crippen molar-refractivity contribution < 1.29 is 27.4 Å². The van der Waals surface area contributed by atoms with E-state index < -0.39 is 17.5 Å². The highest BCUT2D eigenvalue weighted by Crippen LogP contribution is 2.35. The Balaban J connectivity index is 1.77. The molecule has 0 aliphatic carbocycles. The summed E-state index contributed by atoms with van der Waals surface area (Å²) in [5.41, 5.74) is 0.119. The van der Waals surface area contributed by atoms with Crippen LogP contribution in [0.3, 0.4) is 0 Å². The Kier molecular flexibility index (Phi) is 7.34. The number of hydrogen-bond acceptors (Lipinski definition) is 3. The molecule has 0 aromatic heterocycles. The first kappa shape index (κ1) is 21.4. The van der Waals surface area contributed by atoms with Crippen LogP contribution >= 0.6 is 0 Å². The topological polar surface area (TPSA) is 27.7 Å². The lowest BCUT2D eigenvalue weighted by atomic mass is 9.89. The van der Waals surface area contributed by atoms with Crippen molar-refractivity contribution in [1.29, 1.82) is 0 Å². The van der Waals surface area contributed by atoms with Crippen molar-refractivity contribution in [3.05, 3.63) is 66.0 Å². The van der Waals surface area contributed by atoms with Crippen LogP contribution < -0.4 is 4.74 Å². The van der Waals surface area contributed by atoms with E-state index >= 15 is 0 Å². The van der Waals surface area contributed by atoms with Gasteiger partial charge in [-0.3, -0.25) is 0 Å². The van der Waals surface area contributed by atoms with E-state index in [9.17, 15) is 13.2 Å². The Hall–Kier alpha value is -2.31. The molecule has 2 aromatic carbocycles. The molecule has 2 aromatic rings. The van der Waals surface area contributed by atoms with Crippen LogP contribution in [0.4, 0.5) is 13.2 Å². The quantitative estimate of drug-likeness (QED) is 0.532. The third-order valence-corrected chi connectivity index (χ3v) is 5.03. The number of hydrogen-bond donors (Lipinski definition) is 0. The molecule has 3 nitrogen and oxygen atoms in total. The zero-order valence-corrected chi connectivity index (χ0v) is 16.4. The van der Waals surface area contributed by atoms with Gasteiger partial charge in [-0.15, -0.1) is 0 Å². The summed E-state index contributed by atoms with van der Waals surface area (Å²) in [6.45, 7) is 7.08. The van der Waals surface area contributed by atoms with E-state index in [0.29, 0.717) is 38.4 Å². The van der Waals surface area contributed by atoms with Gasteiger partial charge in [0, 0.05) is 29.7 Å². The van der Waals surface area contributed by atoms with Crippen molar-refractivity contribution in [2.24, 2.45) is 0 Å². The molecule has 1 fully saturated rings. The SMILES string of the molecule is C=CCOc1ccc(-c2ccc(C3CCC(COCC)OC3)c(F)c2F)c(F)c1. The maximum absolute atomic E-state index is 14.8. The monoisotopic (exact) mass is 406 g/mol. The first-order chi connectivity index (χ1) is 14.0. The van der Waals surface area contributed by atoms with E-state index in [2.05, 4.69) is 6.58 Å². The number of halogens is 3. The van der Waals surface area contributed by atoms with Crippen LogP contribution in [0, 0.1) is 17.5 Å². The number of ether oxygens (including phenoxy) is 3. The largest absolute Gasteiger partial charge is 0.489 e. The molecule has 0 amide bonds. The fraction of sp³-hybridized carbons (Fsp3) is 0.391. The van der Waals surface area contributed by atoms with Crippen molar-refractivity contribution in [2.45, 2.75) is 31.8 Å². The molecule has 2 atom stereocenters. The summed E-state index contributed by atoms with van der Waals surface area (Å²) < 4.78 is 60.4. The fourth-order valence-electron chi connectivity index (χ4n) is 3.48. The van der Waals surface area contributed by atoms with Crippen molar-refractivity contribution in [3.8, 4) is 16.9 Å². The Labute approximate surface area is 169 Å². The summed E-state index contributed by atoms with van der Waals surface area (Å²) in [6, 6.07) is 6.99. The van der Waals surface area contributed by atoms with E-state index in [-0.39, 0.29) is 35.3 Å². The lowest BCUT2D eigenvalue weighted by Gasteiger charge is -2.29. The van der Waals surface area contributed by atoms with Gasteiger partial charge in [-0.25, -0.2) is 13.2 Å². The standard InChI is InChI=1S/C23H25F3O3/c1-3-11-28-16-7-8-19(21(24)12-16)20-10-9-18(22(25)23(20)26)15-5-6-17(29-13-15)14-27-4-2/h3,7-10,12,15,17H,1,4-6,11,13-14H2,2H3. The van der Waals surface area contributed by atoms with Gasteiger partial charge in [0.1, 0.15) is 18.2 Å². The van der Waals surface area contributed by atoms with Crippen LogP contribution in [0.1, 0.15) is 31.2 Å². The van der Waals surface area contributed by atoms with Gasteiger partial charge in [0.25, 0.3) is 0 Å². The molecule has 3 rings (SSSR count). The fourth-order valence-corrected chi connectivity index (χ4v) is 3.48. The third kappa shape index (κ3) is 5.00. The van der Waals surface area contributed by atoms with Gasteiger partial charge in [0.15, 0.2) is 11.6 Å². The maximum atomic E-state index is 14.8. The minimum absolute atomic E-state index is 0.0180. The summed E-state index contributed by atoms with van der Waals surface area (Å²) in [5, 5.41) is 0. The second kappa shape index (κ2) is 9.94. The Morgan fingerprint density at radius 1 is 1.10 bits per heavy atom. The Bertz CT molecular complexity index is 846. The molecule has 2 unspecified atom stereocenters. The zero-order chi connectivity index (χ0) is 20.8. The smallest absolute Gasteiger partial charge is 0.167 e. The summed E-state index contributed by atoms with van der Waals surface area (Å²) in [5.74, 6) is -2.64.